The molecule has 0 radical (unpaired) electrons. The molecule has 0 fully saturated rings. The van der Waals surface area contributed by atoms with E-state index >= 15 is 0 Å². The number of aryl methyl sites for hydroxylation is 1. The van der Waals surface area contributed by atoms with Gasteiger partial charge in [-0.25, -0.2) is 4.79 Å². The summed E-state index contributed by atoms with van der Waals surface area (Å²) in [4.78, 5) is 38.3. The highest BCUT2D eigenvalue weighted by molar-refractivity contribution is 7.18. The predicted octanol–water partition coefficient (Wildman–Crippen LogP) is 4.05. The van der Waals surface area contributed by atoms with E-state index in [9.17, 15) is 14.4 Å². The number of benzene rings is 1. The average Bonchev–Trinajstić information content (AvgIpc) is 2.98. The zero-order valence-corrected chi connectivity index (χ0v) is 18.5. The minimum absolute atomic E-state index is 0.0185. The Morgan fingerprint density at radius 1 is 1.10 bits per heavy atom. The van der Waals surface area contributed by atoms with E-state index in [2.05, 4.69) is 10.6 Å². The Labute approximate surface area is 182 Å². The second-order valence-electron chi connectivity index (χ2n) is 6.21. The molecular weight excluding hydrogens is 437 g/mol. The number of rotatable bonds is 8. The average molecular weight is 458 g/mol. The molecule has 1 aromatic carbocycles. The van der Waals surface area contributed by atoms with Gasteiger partial charge in [0.15, 0.2) is 0 Å². The first-order chi connectivity index (χ1) is 13.7. The van der Waals surface area contributed by atoms with Crippen molar-refractivity contribution in [1.82, 2.24) is 4.90 Å². The summed E-state index contributed by atoms with van der Waals surface area (Å²) in [5, 5.41) is 6.57. The summed E-state index contributed by atoms with van der Waals surface area (Å²) in [7, 11) is 1.64. The topological polar surface area (TPSA) is 87.7 Å². The third-order valence-corrected chi connectivity index (χ3v) is 5.46. The highest BCUT2D eigenvalue weighted by Gasteiger charge is 2.17. The third kappa shape index (κ3) is 6.71. The van der Waals surface area contributed by atoms with Gasteiger partial charge in [0.25, 0.3) is 0 Å². The minimum Gasteiger partial charge on any atom is -0.462 e. The molecule has 0 atom stereocenters. The molecule has 0 unspecified atom stereocenters. The normalized spacial score (nSPS) is 10.7. The Kier molecular flexibility index (Phi) is 8.45. The van der Waals surface area contributed by atoms with Crippen LogP contribution in [0.1, 0.15) is 22.2 Å². The van der Waals surface area contributed by atoms with Crippen molar-refractivity contribution in [3.8, 4) is 0 Å². The van der Waals surface area contributed by atoms with Gasteiger partial charge in [0.1, 0.15) is 4.88 Å². The van der Waals surface area contributed by atoms with Crippen molar-refractivity contribution >= 4 is 63.0 Å². The first kappa shape index (κ1) is 23.2. The third-order valence-electron chi connectivity index (χ3n) is 3.70. The number of carbonyl (C=O) groups excluding carboxylic acids is 3. The van der Waals surface area contributed by atoms with Crippen molar-refractivity contribution in [2.45, 2.75) is 13.8 Å². The van der Waals surface area contributed by atoms with Crippen LogP contribution >= 0.6 is 34.5 Å². The summed E-state index contributed by atoms with van der Waals surface area (Å²) in [5.41, 5.74) is 1.06. The van der Waals surface area contributed by atoms with Crippen LogP contribution < -0.4 is 10.6 Å². The molecule has 1 heterocycles. The van der Waals surface area contributed by atoms with Crippen molar-refractivity contribution < 1.29 is 19.1 Å². The first-order valence-corrected chi connectivity index (χ1v) is 10.3. The van der Waals surface area contributed by atoms with Gasteiger partial charge in [-0.2, -0.15) is 0 Å². The fraction of sp³-hybridized carbons (Fsp3) is 0.316. The standard InChI is InChI=1S/C19H21Cl2N3O4S/c1-4-28-19(27)18-11(2)8-16(29-18)22-14(25)9-24(3)10-15(26)23-17-12(20)6-5-7-13(17)21/h5-8H,4,9-10H2,1-3H3,(H,22,25)(H,23,26). The molecule has 0 aliphatic heterocycles. The smallest absolute Gasteiger partial charge is 0.348 e. The van der Waals surface area contributed by atoms with Gasteiger partial charge < -0.3 is 15.4 Å². The van der Waals surface area contributed by atoms with E-state index in [-0.39, 0.29) is 31.5 Å². The number of esters is 1. The van der Waals surface area contributed by atoms with Crippen LogP contribution in [0, 0.1) is 6.92 Å². The highest BCUT2D eigenvalue weighted by atomic mass is 35.5. The number of hydrogen-bond donors (Lipinski definition) is 2. The number of anilines is 2. The predicted molar refractivity (Wildman–Crippen MR) is 116 cm³/mol. The highest BCUT2D eigenvalue weighted by Crippen LogP contribution is 2.30. The van der Waals surface area contributed by atoms with Crippen molar-refractivity contribution in [2.75, 3.05) is 37.4 Å². The van der Waals surface area contributed by atoms with Crippen LogP contribution in [-0.4, -0.2) is 49.4 Å². The zero-order valence-electron chi connectivity index (χ0n) is 16.2. The van der Waals surface area contributed by atoms with E-state index in [1.807, 2.05) is 0 Å². The van der Waals surface area contributed by atoms with Crippen LogP contribution in [0.4, 0.5) is 10.7 Å². The molecule has 0 saturated carbocycles. The number of likely N-dealkylation sites (N-methyl/N-ethyl adjacent to an activating group) is 1. The molecule has 2 amide bonds. The molecule has 0 spiro atoms. The molecule has 2 N–H and O–H groups in total. The van der Waals surface area contributed by atoms with E-state index in [1.54, 1.807) is 50.1 Å². The number of amides is 2. The van der Waals surface area contributed by atoms with Gasteiger partial charge in [0, 0.05) is 0 Å². The Bertz CT molecular complexity index is 897. The fourth-order valence-corrected chi connectivity index (χ4v) is 3.94. The van der Waals surface area contributed by atoms with Crippen LogP contribution in [-0.2, 0) is 14.3 Å². The maximum atomic E-state index is 12.3. The Morgan fingerprint density at radius 2 is 1.69 bits per heavy atom. The zero-order chi connectivity index (χ0) is 21.6. The molecule has 1 aromatic heterocycles. The van der Waals surface area contributed by atoms with Crippen LogP contribution in [0.3, 0.4) is 0 Å². The number of thiophene rings is 1. The van der Waals surface area contributed by atoms with Crippen molar-refractivity contribution in [1.29, 1.82) is 0 Å². The van der Waals surface area contributed by atoms with Crippen molar-refractivity contribution in [3.05, 3.63) is 44.8 Å². The monoisotopic (exact) mass is 457 g/mol. The summed E-state index contributed by atoms with van der Waals surface area (Å²) in [6.45, 7) is 3.73. The molecule has 0 aliphatic rings. The molecule has 2 aromatic rings. The number of para-hydroxylation sites is 1. The lowest BCUT2D eigenvalue weighted by molar-refractivity contribution is -0.119. The summed E-state index contributed by atoms with van der Waals surface area (Å²) >= 11 is 13.2. The van der Waals surface area contributed by atoms with E-state index in [1.165, 1.54) is 0 Å². The Morgan fingerprint density at radius 3 is 2.28 bits per heavy atom. The quantitative estimate of drug-likeness (QED) is 0.583. The molecule has 29 heavy (non-hydrogen) atoms. The van der Waals surface area contributed by atoms with Gasteiger partial charge >= 0.3 is 5.97 Å². The van der Waals surface area contributed by atoms with Gasteiger partial charge in [-0.1, -0.05) is 29.3 Å². The molecule has 0 saturated heterocycles. The van der Waals surface area contributed by atoms with Gasteiger partial charge in [-0.05, 0) is 44.7 Å². The summed E-state index contributed by atoms with van der Waals surface area (Å²) < 4.78 is 4.99. The lowest BCUT2D eigenvalue weighted by atomic mass is 10.3. The molecule has 0 aliphatic carbocycles. The Balaban J connectivity index is 1.88. The van der Waals surface area contributed by atoms with Gasteiger partial charge in [0.05, 0.1) is 40.4 Å². The number of halogens is 2. The Hall–Kier alpha value is -2.13. The molecule has 10 heteroatoms. The number of hydrogen-bond acceptors (Lipinski definition) is 6. The second-order valence-corrected chi connectivity index (χ2v) is 8.08. The van der Waals surface area contributed by atoms with Gasteiger partial charge in [-0.15, -0.1) is 11.3 Å². The summed E-state index contributed by atoms with van der Waals surface area (Å²) in [6.07, 6.45) is 0. The molecular formula is C19H21Cl2N3O4S. The van der Waals surface area contributed by atoms with Crippen LogP contribution in [0.25, 0.3) is 0 Å². The summed E-state index contributed by atoms with van der Waals surface area (Å²) in [5.74, 6) is -1.08. The minimum atomic E-state index is -0.414. The number of nitrogens with one attached hydrogen (secondary N) is 2. The van der Waals surface area contributed by atoms with Crippen molar-refractivity contribution in [3.63, 3.8) is 0 Å². The molecule has 156 valence electrons. The fourth-order valence-electron chi connectivity index (χ4n) is 2.46. The maximum Gasteiger partial charge on any atom is 0.348 e. The maximum absolute atomic E-state index is 12.3. The van der Waals surface area contributed by atoms with Gasteiger partial charge in [-0.3, -0.25) is 14.5 Å². The number of carbonyl (C=O) groups is 3. The van der Waals surface area contributed by atoms with E-state index in [0.717, 1.165) is 16.9 Å². The van der Waals surface area contributed by atoms with Gasteiger partial charge in [0.2, 0.25) is 11.8 Å². The van der Waals surface area contributed by atoms with E-state index in [0.29, 0.717) is 25.6 Å². The molecule has 7 nitrogen and oxygen atoms in total. The van der Waals surface area contributed by atoms with E-state index < -0.39 is 5.97 Å². The SMILES string of the molecule is CCOC(=O)c1sc(NC(=O)CN(C)CC(=O)Nc2c(Cl)cccc2Cl)cc1C. The number of nitrogens with zero attached hydrogens (tertiary/aromatic N) is 1. The van der Waals surface area contributed by atoms with E-state index in [4.69, 9.17) is 27.9 Å². The lowest BCUT2D eigenvalue weighted by Crippen LogP contribution is -2.36. The molecule has 0 bridgehead atoms. The van der Waals surface area contributed by atoms with Crippen molar-refractivity contribution in [2.24, 2.45) is 0 Å². The van der Waals surface area contributed by atoms with Crippen LogP contribution in [0.5, 0.6) is 0 Å². The lowest BCUT2D eigenvalue weighted by Gasteiger charge is -2.16. The number of ether oxygens (including phenoxy) is 1. The molecule has 2 rings (SSSR count). The second kappa shape index (κ2) is 10.6. The summed E-state index contributed by atoms with van der Waals surface area (Å²) in [6, 6.07) is 6.62. The van der Waals surface area contributed by atoms with Crippen LogP contribution in [0.15, 0.2) is 24.3 Å². The largest absolute Gasteiger partial charge is 0.462 e. The van der Waals surface area contributed by atoms with Crippen LogP contribution in [0.2, 0.25) is 10.0 Å². The first-order valence-electron chi connectivity index (χ1n) is 8.71.